The van der Waals surface area contributed by atoms with E-state index in [0.29, 0.717) is 25.6 Å². The summed E-state index contributed by atoms with van der Waals surface area (Å²) in [4.78, 5) is 14.2. The zero-order valence-corrected chi connectivity index (χ0v) is 15.8. The highest BCUT2D eigenvalue weighted by molar-refractivity contribution is 5.78. The number of benzene rings is 1. The van der Waals surface area contributed by atoms with Crippen molar-refractivity contribution in [2.75, 3.05) is 39.4 Å². The molecule has 0 bridgehead atoms. The van der Waals surface area contributed by atoms with E-state index in [9.17, 15) is 9.90 Å². The first kappa shape index (κ1) is 19.7. The average Bonchev–Trinajstić information content (AvgIpc) is 2.59. The van der Waals surface area contributed by atoms with Crippen molar-refractivity contribution in [2.24, 2.45) is 5.41 Å². The van der Waals surface area contributed by atoms with Gasteiger partial charge in [0.1, 0.15) is 12.4 Å². The molecule has 2 N–H and O–H groups in total. The van der Waals surface area contributed by atoms with Gasteiger partial charge in [-0.25, -0.2) is 0 Å². The van der Waals surface area contributed by atoms with Crippen LogP contribution in [-0.4, -0.2) is 55.3 Å². The Morgan fingerprint density at radius 3 is 2.72 bits per heavy atom. The SMILES string of the molecule is CC(C)c1ccc(OCCNC(=O)CN2CCCC(C)(CO)C2)cc1. The fraction of sp³-hybridized carbons (Fsp3) is 0.650. The van der Waals surface area contributed by atoms with Gasteiger partial charge < -0.3 is 15.2 Å². The van der Waals surface area contributed by atoms with Gasteiger partial charge in [-0.1, -0.05) is 32.9 Å². The normalized spacial score (nSPS) is 21.3. The highest BCUT2D eigenvalue weighted by Gasteiger charge is 2.30. The molecule has 0 saturated carbocycles. The van der Waals surface area contributed by atoms with Crippen molar-refractivity contribution < 1.29 is 14.6 Å². The first-order chi connectivity index (χ1) is 11.9. The summed E-state index contributed by atoms with van der Waals surface area (Å²) in [5, 5.41) is 12.4. The number of carbonyl (C=O) groups is 1. The molecule has 0 aromatic heterocycles. The Balaban J connectivity index is 1.65. The van der Waals surface area contributed by atoms with Crippen molar-refractivity contribution in [3.63, 3.8) is 0 Å². The molecule has 5 heteroatoms. The third-order valence-corrected chi connectivity index (χ3v) is 4.85. The van der Waals surface area contributed by atoms with Crippen LogP contribution in [0, 0.1) is 5.41 Å². The van der Waals surface area contributed by atoms with Crippen LogP contribution >= 0.6 is 0 Å². The number of aliphatic hydroxyl groups is 1. The molecule has 1 aromatic rings. The summed E-state index contributed by atoms with van der Waals surface area (Å²) >= 11 is 0. The van der Waals surface area contributed by atoms with Gasteiger partial charge in [-0.2, -0.15) is 0 Å². The smallest absolute Gasteiger partial charge is 0.234 e. The second kappa shape index (κ2) is 9.20. The van der Waals surface area contributed by atoms with Crippen LogP contribution in [0.2, 0.25) is 0 Å². The zero-order valence-electron chi connectivity index (χ0n) is 15.8. The second-order valence-corrected chi connectivity index (χ2v) is 7.71. The molecule has 25 heavy (non-hydrogen) atoms. The molecule has 0 spiro atoms. The molecule has 0 aliphatic carbocycles. The van der Waals surface area contributed by atoms with Crippen molar-refractivity contribution >= 4 is 5.91 Å². The molecule has 1 fully saturated rings. The predicted octanol–water partition coefficient (Wildman–Crippen LogP) is 2.40. The molecule has 1 aliphatic rings. The quantitative estimate of drug-likeness (QED) is 0.708. The standard InChI is InChI=1S/C20H32N2O3/c1-16(2)17-5-7-18(8-6-17)25-12-10-21-19(24)13-22-11-4-9-20(3,14-22)15-23/h5-8,16,23H,4,9-15H2,1-3H3,(H,21,24). The molecule has 0 radical (unpaired) electrons. The van der Waals surface area contributed by atoms with Gasteiger partial charge in [0, 0.05) is 18.6 Å². The number of aliphatic hydroxyl groups excluding tert-OH is 1. The molecule has 5 nitrogen and oxygen atoms in total. The van der Waals surface area contributed by atoms with Gasteiger partial charge in [0.05, 0.1) is 13.1 Å². The molecule has 1 heterocycles. The fourth-order valence-electron chi connectivity index (χ4n) is 3.26. The van der Waals surface area contributed by atoms with E-state index in [1.807, 2.05) is 12.1 Å². The van der Waals surface area contributed by atoms with Crippen LogP contribution < -0.4 is 10.1 Å². The van der Waals surface area contributed by atoms with E-state index in [2.05, 4.69) is 43.1 Å². The summed E-state index contributed by atoms with van der Waals surface area (Å²) < 4.78 is 5.67. The van der Waals surface area contributed by atoms with E-state index in [0.717, 1.165) is 31.7 Å². The Kier molecular flexibility index (Phi) is 7.26. The molecule has 1 amide bonds. The Hall–Kier alpha value is -1.59. The number of piperidine rings is 1. The first-order valence-corrected chi connectivity index (χ1v) is 9.24. The van der Waals surface area contributed by atoms with E-state index < -0.39 is 0 Å². The number of ether oxygens (including phenoxy) is 1. The van der Waals surface area contributed by atoms with E-state index in [4.69, 9.17) is 4.74 Å². The molecule has 1 atom stereocenters. The van der Waals surface area contributed by atoms with Crippen molar-refractivity contribution in [3.05, 3.63) is 29.8 Å². The van der Waals surface area contributed by atoms with Gasteiger partial charge in [-0.15, -0.1) is 0 Å². The summed E-state index contributed by atoms with van der Waals surface area (Å²) in [5.74, 6) is 1.35. The minimum Gasteiger partial charge on any atom is -0.492 e. The Morgan fingerprint density at radius 2 is 2.08 bits per heavy atom. The van der Waals surface area contributed by atoms with E-state index in [1.54, 1.807) is 0 Å². The number of amides is 1. The number of carbonyl (C=O) groups excluding carboxylic acids is 1. The number of hydrogen-bond acceptors (Lipinski definition) is 4. The minimum absolute atomic E-state index is 0.0148. The monoisotopic (exact) mass is 348 g/mol. The van der Waals surface area contributed by atoms with Crippen LogP contribution in [0.5, 0.6) is 5.75 Å². The van der Waals surface area contributed by atoms with Crippen molar-refractivity contribution in [3.8, 4) is 5.75 Å². The molecule has 140 valence electrons. The Bertz CT molecular complexity index is 544. The third kappa shape index (κ3) is 6.33. The maximum Gasteiger partial charge on any atom is 0.234 e. The van der Waals surface area contributed by atoms with Crippen LogP contribution in [0.15, 0.2) is 24.3 Å². The van der Waals surface area contributed by atoms with Gasteiger partial charge in [-0.3, -0.25) is 9.69 Å². The first-order valence-electron chi connectivity index (χ1n) is 9.24. The summed E-state index contributed by atoms with van der Waals surface area (Å²) in [5.41, 5.74) is 1.21. The van der Waals surface area contributed by atoms with Crippen molar-refractivity contribution in [1.29, 1.82) is 0 Å². The Labute approximate surface area is 151 Å². The summed E-state index contributed by atoms with van der Waals surface area (Å²) in [7, 11) is 0. The maximum atomic E-state index is 12.1. The van der Waals surface area contributed by atoms with Gasteiger partial charge in [0.2, 0.25) is 5.91 Å². The number of likely N-dealkylation sites (tertiary alicyclic amines) is 1. The van der Waals surface area contributed by atoms with Crippen molar-refractivity contribution in [2.45, 2.75) is 39.5 Å². The topological polar surface area (TPSA) is 61.8 Å². The van der Waals surface area contributed by atoms with Crippen LogP contribution in [0.25, 0.3) is 0 Å². The molecule has 1 aromatic carbocycles. The molecule has 1 unspecified atom stereocenters. The van der Waals surface area contributed by atoms with Crippen LogP contribution in [0.1, 0.15) is 45.1 Å². The highest BCUT2D eigenvalue weighted by atomic mass is 16.5. The molecule has 1 saturated heterocycles. The molecule has 1 aliphatic heterocycles. The fourth-order valence-corrected chi connectivity index (χ4v) is 3.26. The zero-order chi connectivity index (χ0) is 18.3. The molecule has 2 rings (SSSR count). The summed E-state index contributed by atoms with van der Waals surface area (Å²) in [6.07, 6.45) is 2.05. The van der Waals surface area contributed by atoms with E-state index in [-0.39, 0.29) is 17.9 Å². The maximum absolute atomic E-state index is 12.1. The van der Waals surface area contributed by atoms with E-state index in [1.165, 1.54) is 5.56 Å². The lowest BCUT2D eigenvalue weighted by Gasteiger charge is -2.38. The van der Waals surface area contributed by atoms with Gasteiger partial charge >= 0.3 is 0 Å². The minimum atomic E-state index is -0.0796. The van der Waals surface area contributed by atoms with Gasteiger partial charge in [0.25, 0.3) is 0 Å². The van der Waals surface area contributed by atoms with Crippen LogP contribution in [0.3, 0.4) is 0 Å². The lowest BCUT2D eigenvalue weighted by atomic mass is 9.83. The largest absolute Gasteiger partial charge is 0.492 e. The lowest BCUT2D eigenvalue weighted by molar-refractivity contribution is -0.123. The van der Waals surface area contributed by atoms with Crippen molar-refractivity contribution in [1.82, 2.24) is 10.2 Å². The number of nitrogens with zero attached hydrogens (tertiary/aromatic N) is 1. The predicted molar refractivity (Wildman–Crippen MR) is 99.9 cm³/mol. The van der Waals surface area contributed by atoms with Crippen LogP contribution in [-0.2, 0) is 4.79 Å². The second-order valence-electron chi connectivity index (χ2n) is 7.71. The van der Waals surface area contributed by atoms with Gasteiger partial charge in [-0.05, 0) is 43.0 Å². The number of rotatable bonds is 8. The summed E-state index contributed by atoms with van der Waals surface area (Å²) in [6.45, 7) is 9.62. The van der Waals surface area contributed by atoms with Gasteiger partial charge in [0.15, 0.2) is 0 Å². The summed E-state index contributed by atoms with van der Waals surface area (Å²) in [6, 6.07) is 8.10. The molecular weight excluding hydrogens is 316 g/mol. The average molecular weight is 348 g/mol. The van der Waals surface area contributed by atoms with E-state index >= 15 is 0 Å². The Morgan fingerprint density at radius 1 is 1.36 bits per heavy atom. The van der Waals surface area contributed by atoms with Crippen LogP contribution in [0.4, 0.5) is 0 Å². The highest BCUT2D eigenvalue weighted by Crippen LogP contribution is 2.28. The lowest BCUT2D eigenvalue weighted by Crippen LogP contribution is -2.47. The number of hydrogen-bond donors (Lipinski definition) is 2. The third-order valence-electron chi connectivity index (χ3n) is 4.85. The molecular formula is C20H32N2O3. The number of nitrogens with one attached hydrogen (secondary N) is 1.